The summed E-state index contributed by atoms with van der Waals surface area (Å²) in [6, 6.07) is 6.65. The van der Waals surface area contributed by atoms with Crippen molar-refractivity contribution >= 4 is 17.6 Å². The van der Waals surface area contributed by atoms with Gasteiger partial charge in [0.15, 0.2) is 0 Å². The Bertz CT molecular complexity index is 689. The van der Waals surface area contributed by atoms with Crippen LogP contribution in [-0.2, 0) is 0 Å². The van der Waals surface area contributed by atoms with Gasteiger partial charge in [-0.2, -0.15) is 4.39 Å². The second-order valence-corrected chi connectivity index (χ2v) is 3.80. The van der Waals surface area contributed by atoms with Crippen molar-refractivity contribution in [2.24, 2.45) is 0 Å². The number of carbonyl (C=O) groups is 2. The van der Waals surface area contributed by atoms with Crippen LogP contribution >= 0.6 is 0 Å². The molecule has 2 N–H and O–H groups in total. The van der Waals surface area contributed by atoms with Gasteiger partial charge in [-0.05, 0) is 30.3 Å². The summed E-state index contributed by atoms with van der Waals surface area (Å²) in [5.41, 5.74) is -0.679. The summed E-state index contributed by atoms with van der Waals surface area (Å²) in [7, 11) is 0. The zero-order valence-corrected chi connectivity index (χ0v) is 9.93. The van der Waals surface area contributed by atoms with Gasteiger partial charge in [0.2, 0.25) is 5.95 Å². The maximum absolute atomic E-state index is 13.6. The van der Waals surface area contributed by atoms with Gasteiger partial charge in [0.1, 0.15) is 11.5 Å². The molecule has 0 saturated carbocycles. The van der Waals surface area contributed by atoms with Crippen LogP contribution in [-0.4, -0.2) is 22.0 Å². The van der Waals surface area contributed by atoms with Crippen LogP contribution in [0.1, 0.15) is 20.8 Å². The maximum Gasteiger partial charge on any atom is 0.335 e. The summed E-state index contributed by atoms with van der Waals surface area (Å²) in [5.74, 6) is -3.82. The Hall–Kier alpha value is -2.83. The van der Waals surface area contributed by atoms with E-state index in [2.05, 4.69) is 10.3 Å². The number of benzene rings is 1. The van der Waals surface area contributed by atoms with Gasteiger partial charge < -0.3 is 10.4 Å². The number of amides is 1. The number of pyridine rings is 1. The molecule has 0 aliphatic rings. The molecule has 1 aromatic carbocycles. The van der Waals surface area contributed by atoms with E-state index in [0.29, 0.717) is 0 Å². The number of anilines is 1. The fraction of sp³-hybridized carbons (Fsp3) is 0. The average Bonchev–Trinajstić information content (AvgIpc) is 2.40. The molecule has 0 aliphatic carbocycles. The molecule has 2 rings (SSSR count). The number of nitrogens with one attached hydrogen (secondary N) is 1. The Morgan fingerprint density at radius 3 is 2.50 bits per heavy atom. The van der Waals surface area contributed by atoms with Crippen molar-refractivity contribution in [2.75, 3.05) is 5.32 Å². The van der Waals surface area contributed by atoms with Crippen LogP contribution in [0.3, 0.4) is 0 Å². The molecule has 20 heavy (non-hydrogen) atoms. The number of halogens is 2. The minimum atomic E-state index is -1.28. The number of nitrogens with zero attached hydrogens (tertiary/aromatic N) is 1. The molecule has 1 amide bonds. The summed E-state index contributed by atoms with van der Waals surface area (Å²) in [5, 5.41) is 10.9. The van der Waals surface area contributed by atoms with E-state index < -0.39 is 23.6 Å². The largest absolute Gasteiger partial charge is 0.478 e. The normalized spacial score (nSPS) is 10.1. The fourth-order valence-corrected chi connectivity index (χ4v) is 1.47. The molecule has 0 aliphatic heterocycles. The lowest BCUT2D eigenvalue weighted by molar-refractivity contribution is 0.0696. The van der Waals surface area contributed by atoms with E-state index >= 15 is 0 Å². The molecule has 102 valence electrons. The monoisotopic (exact) mass is 278 g/mol. The number of carboxylic acid groups (broad SMARTS) is 1. The molecule has 0 saturated heterocycles. The van der Waals surface area contributed by atoms with E-state index in [1.165, 1.54) is 12.1 Å². The highest BCUT2D eigenvalue weighted by Crippen LogP contribution is 2.16. The maximum atomic E-state index is 13.6. The molecular weight excluding hydrogens is 270 g/mol. The number of aromatic nitrogens is 1. The minimum absolute atomic E-state index is 0.216. The van der Waals surface area contributed by atoms with E-state index in [4.69, 9.17) is 5.11 Å². The molecule has 2 aromatic rings. The molecule has 0 radical (unpaired) electrons. The van der Waals surface area contributed by atoms with Crippen LogP contribution in [0.25, 0.3) is 0 Å². The predicted molar refractivity (Wildman–Crippen MR) is 65.5 cm³/mol. The summed E-state index contributed by atoms with van der Waals surface area (Å²) < 4.78 is 26.5. The lowest BCUT2D eigenvalue weighted by Gasteiger charge is -2.06. The first kappa shape index (κ1) is 13.6. The van der Waals surface area contributed by atoms with E-state index in [-0.39, 0.29) is 16.9 Å². The average molecular weight is 278 g/mol. The van der Waals surface area contributed by atoms with E-state index in [9.17, 15) is 18.4 Å². The van der Waals surface area contributed by atoms with Crippen molar-refractivity contribution < 1.29 is 23.5 Å². The van der Waals surface area contributed by atoms with Gasteiger partial charge in [-0.25, -0.2) is 14.2 Å². The molecule has 0 bridgehead atoms. The topological polar surface area (TPSA) is 79.3 Å². The Labute approximate surface area is 111 Å². The van der Waals surface area contributed by atoms with Crippen LogP contribution in [0.15, 0.2) is 36.4 Å². The summed E-state index contributed by atoms with van der Waals surface area (Å²) >= 11 is 0. The SMILES string of the molecule is O=C(O)c1ccc(NC(=O)c2cccc(F)n2)c(F)c1. The molecule has 5 nitrogen and oxygen atoms in total. The zero-order valence-electron chi connectivity index (χ0n) is 9.93. The van der Waals surface area contributed by atoms with Crippen LogP contribution in [0.5, 0.6) is 0 Å². The first-order valence-electron chi connectivity index (χ1n) is 5.44. The van der Waals surface area contributed by atoms with E-state index in [1.807, 2.05) is 0 Å². The van der Waals surface area contributed by atoms with Crippen molar-refractivity contribution in [2.45, 2.75) is 0 Å². The fourth-order valence-electron chi connectivity index (χ4n) is 1.47. The first-order chi connectivity index (χ1) is 9.47. The minimum Gasteiger partial charge on any atom is -0.478 e. The highest BCUT2D eigenvalue weighted by atomic mass is 19.1. The molecule has 7 heteroatoms. The number of hydrogen-bond donors (Lipinski definition) is 2. The zero-order chi connectivity index (χ0) is 14.7. The lowest BCUT2D eigenvalue weighted by Crippen LogP contribution is -2.15. The van der Waals surface area contributed by atoms with Gasteiger partial charge in [-0.15, -0.1) is 0 Å². The van der Waals surface area contributed by atoms with E-state index in [0.717, 1.165) is 24.3 Å². The van der Waals surface area contributed by atoms with Gasteiger partial charge in [0, 0.05) is 0 Å². The van der Waals surface area contributed by atoms with Crippen LogP contribution in [0.2, 0.25) is 0 Å². The highest BCUT2D eigenvalue weighted by molar-refractivity contribution is 6.03. The quantitative estimate of drug-likeness (QED) is 0.844. The Balaban J connectivity index is 2.22. The Morgan fingerprint density at radius 2 is 1.90 bits per heavy atom. The van der Waals surface area contributed by atoms with Gasteiger partial charge in [0.05, 0.1) is 11.3 Å². The third-order valence-electron chi connectivity index (χ3n) is 2.41. The molecular formula is C13H8F2N2O3. The molecule has 1 heterocycles. The third kappa shape index (κ3) is 2.94. The number of rotatable bonds is 3. The van der Waals surface area contributed by atoms with Crippen LogP contribution in [0, 0.1) is 11.8 Å². The van der Waals surface area contributed by atoms with Crippen LogP contribution < -0.4 is 5.32 Å². The predicted octanol–water partition coefficient (Wildman–Crippen LogP) is 2.31. The van der Waals surface area contributed by atoms with E-state index in [1.54, 1.807) is 0 Å². The second-order valence-electron chi connectivity index (χ2n) is 3.80. The Morgan fingerprint density at radius 1 is 1.15 bits per heavy atom. The van der Waals surface area contributed by atoms with Gasteiger partial charge in [-0.1, -0.05) is 6.07 Å². The first-order valence-corrected chi connectivity index (χ1v) is 5.44. The molecule has 0 spiro atoms. The van der Waals surface area contributed by atoms with Gasteiger partial charge >= 0.3 is 5.97 Å². The van der Waals surface area contributed by atoms with Crippen molar-refractivity contribution in [1.82, 2.24) is 4.98 Å². The van der Waals surface area contributed by atoms with Crippen LogP contribution in [0.4, 0.5) is 14.5 Å². The smallest absolute Gasteiger partial charge is 0.335 e. The summed E-state index contributed by atoms with van der Waals surface area (Å²) in [4.78, 5) is 25.7. The number of hydrogen-bond acceptors (Lipinski definition) is 3. The van der Waals surface area contributed by atoms with Crippen molar-refractivity contribution in [3.63, 3.8) is 0 Å². The standard InChI is InChI=1S/C13H8F2N2O3/c14-8-6-7(13(19)20)4-5-9(8)17-12(18)10-2-1-3-11(15)16-10/h1-6H,(H,17,18)(H,19,20). The Kier molecular flexibility index (Phi) is 3.69. The summed E-state index contributed by atoms with van der Waals surface area (Å²) in [6.07, 6.45) is 0. The van der Waals surface area contributed by atoms with Crippen molar-refractivity contribution in [1.29, 1.82) is 0 Å². The highest BCUT2D eigenvalue weighted by Gasteiger charge is 2.13. The molecule has 0 unspecified atom stereocenters. The number of carboxylic acids is 1. The third-order valence-corrected chi connectivity index (χ3v) is 2.41. The van der Waals surface area contributed by atoms with Gasteiger partial charge in [-0.3, -0.25) is 4.79 Å². The molecule has 0 atom stereocenters. The molecule has 1 aromatic heterocycles. The van der Waals surface area contributed by atoms with Crippen molar-refractivity contribution in [3.8, 4) is 0 Å². The molecule has 0 fully saturated rings. The van der Waals surface area contributed by atoms with Crippen molar-refractivity contribution in [3.05, 3.63) is 59.4 Å². The summed E-state index contributed by atoms with van der Waals surface area (Å²) in [6.45, 7) is 0. The number of carbonyl (C=O) groups excluding carboxylic acids is 1. The lowest BCUT2D eigenvalue weighted by atomic mass is 10.2. The second kappa shape index (κ2) is 5.43. The number of aromatic carboxylic acids is 1. The van der Waals surface area contributed by atoms with Gasteiger partial charge in [0.25, 0.3) is 5.91 Å².